The number of rotatable bonds is 5. The fourth-order valence-corrected chi connectivity index (χ4v) is 1.73. The van der Waals surface area contributed by atoms with Crippen LogP contribution in [0, 0.1) is 0 Å². The lowest BCUT2D eigenvalue weighted by Crippen LogP contribution is -2.04. The molecule has 1 aromatic carbocycles. The molecule has 0 radical (unpaired) electrons. The summed E-state index contributed by atoms with van der Waals surface area (Å²) in [6.07, 6.45) is 4.07. The summed E-state index contributed by atoms with van der Waals surface area (Å²) in [6, 6.07) is 8.86. The second kappa shape index (κ2) is 6.00. The number of carbonyl (C=O) groups excluding carboxylic acids is 1. The van der Waals surface area contributed by atoms with Gasteiger partial charge in [-0.1, -0.05) is 6.07 Å². The molecule has 0 aliphatic rings. The molecule has 0 spiro atoms. The third-order valence-corrected chi connectivity index (χ3v) is 2.78. The normalized spacial score (nSPS) is 11.7. The molecule has 4 heteroatoms. The van der Waals surface area contributed by atoms with Crippen LogP contribution in [0.15, 0.2) is 42.7 Å². The van der Waals surface area contributed by atoms with Gasteiger partial charge in [-0.3, -0.25) is 9.78 Å². The van der Waals surface area contributed by atoms with Crippen molar-refractivity contribution in [2.75, 3.05) is 7.11 Å². The minimum Gasteiger partial charge on any atom is -0.493 e. The van der Waals surface area contributed by atoms with Crippen LogP contribution >= 0.6 is 0 Å². The lowest BCUT2D eigenvalue weighted by atomic mass is 10.2. The number of ether oxygens (including phenoxy) is 2. The molecule has 1 atom stereocenters. The van der Waals surface area contributed by atoms with Gasteiger partial charge in [-0.25, -0.2) is 0 Å². The zero-order chi connectivity index (χ0) is 13.7. The monoisotopic (exact) mass is 257 g/mol. The van der Waals surface area contributed by atoms with Crippen molar-refractivity contribution in [3.63, 3.8) is 0 Å². The first-order valence-corrected chi connectivity index (χ1v) is 5.94. The van der Waals surface area contributed by atoms with E-state index in [1.54, 1.807) is 37.7 Å². The molecular weight excluding hydrogens is 242 g/mol. The Morgan fingerprint density at radius 2 is 2.11 bits per heavy atom. The average molecular weight is 257 g/mol. The van der Waals surface area contributed by atoms with Gasteiger partial charge in [0.15, 0.2) is 11.5 Å². The quantitative estimate of drug-likeness (QED) is 0.772. The van der Waals surface area contributed by atoms with E-state index < -0.39 is 0 Å². The molecular formula is C15H15NO3. The predicted molar refractivity (Wildman–Crippen MR) is 71.7 cm³/mol. The van der Waals surface area contributed by atoms with Gasteiger partial charge in [0.2, 0.25) is 0 Å². The number of hydrogen-bond donors (Lipinski definition) is 0. The van der Waals surface area contributed by atoms with E-state index in [1.165, 1.54) is 0 Å². The van der Waals surface area contributed by atoms with Crippen LogP contribution in [0.5, 0.6) is 11.5 Å². The van der Waals surface area contributed by atoms with Gasteiger partial charge in [0, 0.05) is 23.5 Å². The summed E-state index contributed by atoms with van der Waals surface area (Å²) in [4.78, 5) is 14.9. The average Bonchev–Trinajstić information content (AvgIpc) is 2.48. The first-order valence-electron chi connectivity index (χ1n) is 5.94. The summed E-state index contributed by atoms with van der Waals surface area (Å²) in [5.41, 5.74) is 1.51. The van der Waals surface area contributed by atoms with Gasteiger partial charge in [-0.2, -0.15) is 0 Å². The topological polar surface area (TPSA) is 48.4 Å². The van der Waals surface area contributed by atoms with Crippen LogP contribution in [0.1, 0.15) is 28.9 Å². The van der Waals surface area contributed by atoms with Crippen LogP contribution in [0.4, 0.5) is 0 Å². The zero-order valence-corrected chi connectivity index (χ0v) is 10.9. The lowest BCUT2D eigenvalue weighted by Gasteiger charge is -2.17. The van der Waals surface area contributed by atoms with Crippen molar-refractivity contribution in [1.82, 2.24) is 4.98 Å². The minimum atomic E-state index is -0.176. The van der Waals surface area contributed by atoms with Gasteiger partial charge in [-0.15, -0.1) is 0 Å². The maximum Gasteiger partial charge on any atom is 0.162 e. The van der Waals surface area contributed by atoms with E-state index in [4.69, 9.17) is 9.47 Å². The molecule has 0 bridgehead atoms. The van der Waals surface area contributed by atoms with Gasteiger partial charge in [0.1, 0.15) is 12.4 Å². The Hall–Kier alpha value is -2.36. The highest BCUT2D eigenvalue weighted by Gasteiger charge is 2.11. The van der Waals surface area contributed by atoms with Crippen molar-refractivity contribution < 1.29 is 14.3 Å². The maximum atomic E-state index is 10.8. The SMILES string of the molecule is COc1ccc(C=O)cc1OC(C)c1cccnc1. The smallest absolute Gasteiger partial charge is 0.162 e. The van der Waals surface area contributed by atoms with E-state index in [-0.39, 0.29) is 6.10 Å². The van der Waals surface area contributed by atoms with Crippen molar-refractivity contribution >= 4 is 6.29 Å². The number of aromatic nitrogens is 1. The second-order valence-corrected chi connectivity index (χ2v) is 4.07. The number of methoxy groups -OCH3 is 1. The fraction of sp³-hybridized carbons (Fsp3) is 0.200. The van der Waals surface area contributed by atoms with Crippen molar-refractivity contribution in [2.24, 2.45) is 0 Å². The van der Waals surface area contributed by atoms with Gasteiger partial charge >= 0.3 is 0 Å². The largest absolute Gasteiger partial charge is 0.493 e. The number of hydrogen-bond acceptors (Lipinski definition) is 4. The Morgan fingerprint density at radius 3 is 2.74 bits per heavy atom. The number of carbonyl (C=O) groups is 1. The molecule has 0 N–H and O–H groups in total. The molecule has 0 aliphatic carbocycles. The standard InChI is InChI=1S/C15H15NO3/c1-11(13-4-3-7-16-9-13)19-15-8-12(10-17)5-6-14(15)18-2/h3-11H,1-2H3. The maximum absolute atomic E-state index is 10.8. The Bertz CT molecular complexity index is 555. The third kappa shape index (κ3) is 3.10. The molecule has 0 aliphatic heterocycles. The predicted octanol–water partition coefficient (Wildman–Crippen LogP) is 3.04. The summed E-state index contributed by atoms with van der Waals surface area (Å²) < 4.78 is 11.1. The molecule has 2 aromatic rings. The Kier molecular flexibility index (Phi) is 4.13. The highest BCUT2D eigenvalue weighted by atomic mass is 16.5. The molecule has 1 aromatic heterocycles. The zero-order valence-electron chi connectivity index (χ0n) is 10.9. The molecule has 4 nitrogen and oxygen atoms in total. The highest BCUT2D eigenvalue weighted by Crippen LogP contribution is 2.31. The first kappa shape index (κ1) is 13.1. The van der Waals surface area contributed by atoms with Crippen LogP contribution in [0.3, 0.4) is 0 Å². The van der Waals surface area contributed by atoms with Gasteiger partial charge in [-0.05, 0) is 31.2 Å². The van der Waals surface area contributed by atoms with E-state index in [9.17, 15) is 4.79 Å². The van der Waals surface area contributed by atoms with Crippen LogP contribution in [0.2, 0.25) is 0 Å². The van der Waals surface area contributed by atoms with Gasteiger partial charge < -0.3 is 9.47 Å². The summed E-state index contributed by atoms with van der Waals surface area (Å²) >= 11 is 0. The third-order valence-electron chi connectivity index (χ3n) is 2.78. The molecule has 0 saturated carbocycles. The molecule has 1 heterocycles. The van der Waals surface area contributed by atoms with Gasteiger partial charge in [0.05, 0.1) is 7.11 Å². The highest BCUT2D eigenvalue weighted by molar-refractivity contribution is 5.76. The van der Waals surface area contributed by atoms with E-state index in [2.05, 4.69) is 4.98 Å². The van der Waals surface area contributed by atoms with Crippen LogP contribution in [-0.2, 0) is 0 Å². The molecule has 98 valence electrons. The van der Waals surface area contributed by atoms with Gasteiger partial charge in [0.25, 0.3) is 0 Å². The van der Waals surface area contributed by atoms with Crippen LogP contribution < -0.4 is 9.47 Å². The fourth-order valence-electron chi connectivity index (χ4n) is 1.73. The van der Waals surface area contributed by atoms with E-state index >= 15 is 0 Å². The number of nitrogens with zero attached hydrogens (tertiary/aromatic N) is 1. The van der Waals surface area contributed by atoms with E-state index in [1.807, 2.05) is 19.1 Å². The molecule has 19 heavy (non-hydrogen) atoms. The molecule has 0 amide bonds. The number of benzene rings is 1. The van der Waals surface area contributed by atoms with Crippen LogP contribution in [0.25, 0.3) is 0 Å². The Labute approximate surface area is 112 Å². The second-order valence-electron chi connectivity index (χ2n) is 4.07. The summed E-state index contributed by atoms with van der Waals surface area (Å²) in [5.74, 6) is 1.14. The summed E-state index contributed by atoms with van der Waals surface area (Å²) in [6.45, 7) is 1.92. The first-order chi connectivity index (χ1) is 9.24. The van der Waals surface area contributed by atoms with Crippen molar-refractivity contribution in [3.8, 4) is 11.5 Å². The lowest BCUT2D eigenvalue weighted by molar-refractivity contribution is 0.112. The number of pyridine rings is 1. The van der Waals surface area contributed by atoms with Crippen molar-refractivity contribution in [2.45, 2.75) is 13.0 Å². The molecule has 2 rings (SSSR count). The van der Waals surface area contributed by atoms with Crippen LogP contribution in [-0.4, -0.2) is 18.4 Å². The Balaban J connectivity index is 2.24. The van der Waals surface area contributed by atoms with Crippen molar-refractivity contribution in [3.05, 3.63) is 53.9 Å². The molecule has 0 fully saturated rings. The molecule has 1 unspecified atom stereocenters. The van der Waals surface area contributed by atoms with E-state index in [0.717, 1.165) is 11.8 Å². The molecule has 0 saturated heterocycles. The van der Waals surface area contributed by atoms with E-state index in [0.29, 0.717) is 17.1 Å². The Morgan fingerprint density at radius 1 is 1.26 bits per heavy atom. The van der Waals surface area contributed by atoms with Crippen molar-refractivity contribution in [1.29, 1.82) is 0 Å². The minimum absolute atomic E-state index is 0.176. The number of aldehydes is 1. The summed E-state index contributed by atoms with van der Waals surface area (Å²) in [7, 11) is 1.57. The summed E-state index contributed by atoms with van der Waals surface area (Å²) in [5, 5.41) is 0.